The van der Waals surface area contributed by atoms with Crippen molar-refractivity contribution in [3.8, 4) is 0 Å². The van der Waals surface area contributed by atoms with Crippen LogP contribution < -0.4 is 5.32 Å². The van der Waals surface area contributed by atoms with Crippen LogP contribution in [0.1, 0.15) is 33.6 Å². The average Bonchev–Trinajstić information content (AvgIpc) is 2.56. The van der Waals surface area contributed by atoms with E-state index >= 15 is 0 Å². The molecule has 0 spiro atoms. The van der Waals surface area contributed by atoms with Gasteiger partial charge in [0.1, 0.15) is 0 Å². The lowest BCUT2D eigenvalue weighted by atomic mass is 9.78. The Bertz CT molecular complexity index is 200. The van der Waals surface area contributed by atoms with E-state index in [0.29, 0.717) is 5.41 Å². The van der Waals surface area contributed by atoms with Gasteiger partial charge in [0.25, 0.3) is 0 Å². The molecule has 2 rings (SSSR count). The van der Waals surface area contributed by atoms with E-state index in [-0.39, 0.29) is 0 Å². The maximum Gasteiger partial charge on any atom is 0.0160 e. The SMILES string of the molecule is CCN1CCC2CCNC2C(C)(C)C1. The van der Waals surface area contributed by atoms with Gasteiger partial charge in [0.2, 0.25) is 0 Å². The van der Waals surface area contributed by atoms with Gasteiger partial charge in [-0.15, -0.1) is 0 Å². The molecule has 2 fully saturated rings. The zero-order valence-electron chi connectivity index (χ0n) is 9.84. The lowest BCUT2D eigenvalue weighted by Gasteiger charge is -2.35. The predicted molar refractivity (Wildman–Crippen MR) is 60.4 cm³/mol. The number of hydrogen-bond donors (Lipinski definition) is 1. The highest BCUT2D eigenvalue weighted by atomic mass is 15.1. The molecule has 0 aromatic rings. The Morgan fingerprint density at radius 1 is 1.36 bits per heavy atom. The van der Waals surface area contributed by atoms with E-state index in [2.05, 4.69) is 31.0 Å². The standard InChI is InChI=1S/C12H24N2/c1-4-14-8-6-10-5-7-13-11(10)12(2,3)9-14/h10-11,13H,4-9H2,1-3H3. The highest BCUT2D eigenvalue weighted by Gasteiger charge is 2.41. The third kappa shape index (κ3) is 1.82. The number of rotatable bonds is 1. The molecule has 2 heteroatoms. The molecular weight excluding hydrogens is 172 g/mol. The summed E-state index contributed by atoms with van der Waals surface area (Å²) < 4.78 is 0. The fourth-order valence-corrected chi connectivity index (χ4v) is 3.35. The van der Waals surface area contributed by atoms with Crippen LogP contribution in [0.25, 0.3) is 0 Å². The van der Waals surface area contributed by atoms with Crippen molar-refractivity contribution < 1.29 is 0 Å². The summed E-state index contributed by atoms with van der Waals surface area (Å²) >= 11 is 0. The molecule has 2 atom stereocenters. The van der Waals surface area contributed by atoms with Crippen LogP contribution in [0.5, 0.6) is 0 Å². The zero-order valence-corrected chi connectivity index (χ0v) is 9.84. The Balaban J connectivity index is 2.12. The quantitative estimate of drug-likeness (QED) is 0.687. The minimum atomic E-state index is 0.452. The molecule has 2 nitrogen and oxygen atoms in total. The van der Waals surface area contributed by atoms with E-state index in [9.17, 15) is 0 Å². The average molecular weight is 196 g/mol. The summed E-state index contributed by atoms with van der Waals surface area (Å²) in [5.74, 6) is 0.932. The molecule has 0 saturated carbocycles. The Hall–Kier alpha value is -0.0800. The minimum absolute atomic E-state index is 0.452. The van der Waals surface area contributed by atoms with Crippen LogP contribution in [0.4, 0.5) is 0 Å². The molecule has 2 aliphatic rings. The molecule has 14 heavy (non-hydrogen) atoms. The van der Waals surface area contributed by atoms with Gasteiger partial charge in [-0.3, -0.25) is 0 Å². The van der Waals surface area contributed by atoms with Crippen LogP contribution in [0.3, 0.4) is 0 Å². The maximum atomic E-state index is 3.71. The number of nitrogens with one attached hydrogen (secondary N) is 1. The summed E-state index contributed by atoms with van der Waals surface area (Å²) in [6.45, 7) is 12.2. The number of fused-ring (bicyclic) bond motifs is 1. The Morgan fingerprint density at radius 2 is 2.14 bits per heavy atom. The third-order valence-electron chi connectivity index (χ3n) is 4.09. The summed E-state index contributed by atoms with van der Waals surface area (Å²) in [6.07, 6.45) is 2.79. The summed E-state index contributed by atoms with van der Waals surface area (Å²) in [4.78, 5) is 2.61. The Labute approximate surface area is 88.1 Å². The largest absolute Gasteiger partial charge is 0.313 e. The zero-order chi connectivity index (χ0) is 10.2. The first kappa shape index (κ1) is 10.4. The molecule has 2 heterocycles. The van der Waals surface area contributed by atoms with Crippen molar-refractivity contribution >= 4 is 0 Å². The first-order valence-corrected chi connectivity index (χ1v) is 6.09. The molecule has 0 amide bonds. The molecule has 0 aliphatic carbocycles. The molecule has 0 bridgehead atoms. The first-order chi connectivity index (χ1) is 6.63. The third-order valence-corrected chi connectivity index (χ3v) is 4.09. The maximum absolute atomic E-state index is 3.71. The van der Waals surface area contributed by atoms with Crippen molar-refractivity contribution in [3.05, 3.63) is 0 Å². The van der Waals surface area contributed by atoms with Gasteiger partial charge in [-0.25, -0.2) is 0 Å². The summed E-state index contributed by atoms with van der Waals surface area (Å²) in [7, 11) is 0. The monoisotopic (exact) mass is 196 g/mol. The molecule has 0 aromatic heterocycles. The van der Waals surface area contributed by atoms with Crippen LogP contribution in [0.2, 0.25) is 0 Å². The molecule has 1 N–H and O–H groups in total. The van der Waals surface area contributed by atoms with E-state index in [0.717, 1.165) is 12.0 Å². The molecule has 2 aliphatic heterocycles. The molecule has 0 aromatic carbocycles. The lowest BCUT2D eigenvalue weighted by molar-refractivity contribution is 0.169. The van der Waals surface area contributed by atoms with Gasteiger partial charge in [0.15, 0.2) is 0 Å². The number of nitrogens with zero attached hydrogens (tertiary/aromatic N) is 1. The second-order valence-electron chi connectivity index (χ2n) is 5.63. The number of likely N-dealkylation sites (tertiary alicyclic amines) is 1. The summed E-state index contributed by atoms with van der Waals surface area (Å²) in [5.41, 5.74) is 0.452. The highest BCUT2D eigenvalue weighted by molar-refractivity contribution is 4.97. The Morgan fingerprint density at radius 3 is 2.86 bits per heavy atom. The molecule has 2 unspecified atom stereocenters. The van der Waals surface area contributed by atoms with Gasteiger partial charge in [-0.1, -0.05) is 20.8 Å². The van der Waals surface area contributed by atoms with E-state index < -0.39 is 0 Å². The minimum Gasteiger partial charge on any atom is -0.313 e. The van der Waals surface area contributed by atoms with Gasteiger partial charge in [-0.2, -0.15) is 0 Å². The van der Waals surface area contributed by atoms with Crippen molar-refractivity contribution in [2.45, 2.75) is 39.7 Å². The second-order valence-corrected chi connectivity index (χ2v) is 5.63. The summed E-state index contributed by atoms with van der Waals surface area (Å²) in [6, 6.07) is 0.763. The van der Waals surface area contributed by atoms with Crippen LogP contribution in [-0.4, -0.2) is 37.1 Å². The lowest BCUT2D eigenvalue weighted by Crippen LogP contribution is -2.45. The topological polar surface area (TPSA) is 15.3 Å². The van der Waals surface area contributed by atoms with Gasteiger partial charge < -0.3 is 10.2 Å². The fraction of sp³-hybridized carbons (Fsp3) is 1.00. The summed E-state index contributed by atoms with van der Waals surface area (Å²) in [5, 5.41) is 3.71. The van der Waals surface area contributed by atoms with Crippen LogP contribution >= 0.6 is 0 Å². The molecular formula is C12H24N2. The number of hydrogen-bond acceptors (Lipinski definition) is 2. The molecule has 0 radical (unpaired) electrons. The van der Waals surface area contributed by atoms with Crippen LogP contribution in [0, 0.1) is 11.3 Å². The van der Waals surface area contributed by atoms with Crippen LogP contribution in [-0.2, 0) is 0 Å². The van der Waals surface area contributed by atoms with Crippen molar-refractivity contribution in [2.75, 3.05) is 26.2 Å². The van der Waals surface area contributed by atoms with Crippen LogP contribution in [0.15, 0.2) is 0 Å². The van der Waals surface area contributed by atoms with Crippen molar-refractivity contribution in [1.29, 1.82) is 0 Å². The van der Waals surface area contributed by atoms with Crippen molar-refractivity contribution in [1.82, 2.24) is 10.2 Å². The highest BCUT2D eigenvalue weighted by Crippen LogP contribution is 2.36. The molecule has 2 saturated heterocycles. The van der Waals surface area contributed by atoms with Crippen molar-refractivity contribution in [2.24, 2.45) is 11.3 Å². The first-order valence-electron chi connectivity index (χ1n) is 6.09. The Kier molecular flexibility index (Phi) is 2.85. The van der Waals surface area contributed by atoms with Gasteiger partial charge in [0.05, 0.1) is 0 Å². The van der Waals surface area contributed by atoms with E-state index in [1.165, 1.54) is 39.0 Å². The van der Waals surface area contributed by atoms with E-state index in [1.54, 1.807) is 0 Å². The van der Waals surface area contributed by atoms with Crippen molar-refractivity contribution in [3.63, 3.8) is 0 Å². The van der Waals surface area contributed by atoms with E-state index in [4.69, 9.17) is 0 Å². The fourth-order valence-electron chi connectivity index (χ4n) is 3.35. The van der Waals surface area contributed by atoms with Gasteiger partial charge in [-0.05, 0) is 43.8 Å². The second kappa shape index (κ2) is 3.82. The normalized spacial score (nSPS) is 37.9. The smallest absolute Gasteiger partial charge is 0.0160 e. The van der Waals surface area contributed by atoms with Gasteiger partial charge >= 0.3 is 0 Å². The van der Waals surface area contributed by atoms with E-state index in [1.807, 2.05) is 0 Å². The molecule has 82 valence electrons. The predicted octanol–water partition coefficient (Wildman–Crippen LogP) is 1.72. The van der Waals surface area contributed by atoms with Gasteiger partial charge in [0, 0.05) is 12.6 Å².